The molecule has 6 nitrogen and oxygen atoms in total. The third kappa shape index (κ3) is 4.67. The van der Waals surface area contributed by atoms with Gasteiger partial charge in [0.05, 0.1) is 5.69 Å². The normalized spacial score (nSPS) is 21.5. The van der Waals surface area contributed by atoms with Crippen molar-refractivity contribution in [1.82, 2.24) is 30.0 Å². The highest BCUT2D eigenvalue weighted by molar-refractivity contribution is 5.85. The predicted octanol–water partition coefficient (Wildman–Crippen LogP) is 3.57. The first-order chi connectivity index (χ1) is 11.8. The van der Waals surface area contributed by atoms with E-state index in [2.05, 4.69) is 64.8 Å². The molecule has 152 valence electrons. The molecular formula is C19H32Cl2N6. The van der Waals surface area contributed by atoms with Gasteiger partial charge in [-0.1, -0.05) is 0 Å². The van der Waals surface area contributed by atoms with Crippen LogP contribution in [-0.4, -0.2) is 37.0 Å². The third-order valence-electron chi connectivity index (χ3n) is 5.35. The standard InChI is InChI=1S/C19H30N6.2ClH/c1-18(2)11-15(12-19(3,4)23-18)24-9-7-21-17(24)16-10-14-13-20-6-5-8-25(14)22-16;;/h7,9-10,15,20,23H,5-6,8,11-13H2,1-4H3;2*1H. The summed E-state index contributed by atoms with van der Waals surface area (Å²) in [5, 5.41) is 12.1. The van der Waals surface area contributed by atoms with Crippen LogP contribution in [0.25, 0.3) is 11.5 Å². The Labute approximate surface area is 174 Å². The van der Waals surface area contributed by atoms with Crippen LogP contribution < -0.4 is 10.6 Å². The lowest BCUT2D eigenvalue weighted by atomic mass is 9.79. The van der Waals surface area contributed by atoms with Gasteiger partial charge < -0.3 is 15.2 Å². The van der Waals surface area contributed by atoms with Gasteiger partial charge in [-0.25, -0.2) is 4.98 Å². The summed E-state index contributed by atoms with van der Waals surface area (Å²) in [4.78, 5) is 4.67. The molecule has 4 rings (SSSR count). The molecule has 4 heterocycles. The maximum absolute atomic E-state index is 4.86. The molecule has 0 saturated carbocycles. The van der Waals surface area contributed by atoms with Gasteiger partial charge in [-0.2, -0.15) is 5.10 Å². The quantitative estimate of drug-likeness (QED) is 0.788. The fourth-order valence-corrected chi connectivity index (χ4v) is 4.74. The molecule has 0 atom stereocenters. The minimum atomic E-state index is 0. The van der Waals surface area contributed by atoms with Gasteiger partial charge in [-0.05, 0) is 59.6 Å². The summed E-state index contributed by atoms with van der Waals surface area (Å²) in [6, 6.07) is 2.64. The number of piperidine rings is 1. The molecule has 1 saturated heterocycles. The van der Waals surface area contributed by atoms with Gasteiger partial charge in [0, 0.05) is 42.6 Å². The van der Waals surface area contributed by atoms with E-state index < -0.39 is 0 Å². The van der Waals surface area contributed by atoms with Gasteiger partial charge >= 0.3 is 0 Å². The Balaban J connectivity index is 0.00000131. The second-order valence-corrected chi connectivity index (χ2v) is 8.89. The molecule has 0 radical (unpaired) electrons. The largest absolute Gasteiger partial charge is 0.326 e. The molecule has 8 heteroatoms. The Bertz CT molecular complexity index is 725. The molecule has 2 aliphatic rings. The molecule has 0 unspecified atom stereocenters. The molecule has 2 aliphatic heterocycles. The highest BCUT2D eigenvalue weighted by Crippen LogP contribution is 2.37. The van der Waals surface area contributed by atoms with Crippen molar-refractivity contribution in [3.63, 3.8) is 0 Å². The van der Waals surface area contributed by atoms with E-state index in [1.165, 1.54) is 5.69 Å². The number of nitrogens with one attached hydrogen (secondary N) is 2. The highest BCUT2D eigenvalue weighted by Gasteiger charge is 2.39. The summed E-state index contributed by atoms with van der Waals surface area (Å²) in [6.45, 7) is 12.1. The molecular weight excluding hydrogens is 383 g/mol. The van der Waals surface area contributed by atoms with Crippen molar-refractivity contribution in [2.75, 3.05) is 6.54 Å². The average Bonchev–Trinajstić information content (AvgIpc) is 3.06. The van der Waals surface area contributed by atoms with Crippen LogP contribution in [0.15, 0.2) is 18.5 Å². The number of hydrogen-bond acceptors (Lipinski definition) is 4. The predicted molar refractivity (Wildman–Crippen MR) is 114 cm³/mol. The number of aromatic nitrogens is 4. The fraction of sp³-hybridized carbons (Fsp3) is 0.684. The zero-order valence-electron chi connectivity index (χ0n) is 16.7. The molecule has 2 N–H and O–H groups in total. The van der Waals surface area contributed by atoms with Crippen molar-refractivity contribution in [2.45, 2.75) is 77.2 Å². The molecule has 1 fully saturated rings. The van der Waals surface area contributed by atoms with E-state index in [0.717, 1.165) is 50.4 Å². The van der Waals surface area contributed by atoms with Gasteiger partial charge in [-0.3, -0.25) is 4.68 Å². The number of nitrogens with zero attached hydrogens (tertiary/aromatic N) is 4. The molecule has 0 amide bonds. The maximum atomic E-state index is 4.86. The molecule has 0 aromatic carbocycles. The smallest absolute Gasteiger partial charge is 0.160 e. The number of rotatable bonds is 2. The van der Waals surface area contributed by atoms with Crippen molar-refractivity contribution in [1.29, 1.82) is 0 Å². The van der Waals surface area contributed by atoms with Crippen LogP contribution in [0, 0.1) is 0 Å². The molecule has 0 aliphatic carbocycles. The van der Waals surface area contributed by atoms with Crippen molar-refractivity contribution < 1.29 is 0 Å². The fourth-order valence-electron chi connectivity index (χ4n) is 4.74. The Morgan fingerprint density at radius 2 is 1.81 bits per heavy atom. The first kappa shape index (κ1) is 22.2. The van der Waals surface area contributed by atoms with Crippen LogP contribution in [-0.2, 0) is 13.1 Å². The lowest BCUT2D eigenvalue weighted by molar-refractivity contribution is 0.133. The van der Waals surface area contributed by atoms with E-state index >= 15 is 0 Å². The highest BCUT2D eigenvalue weighted by atomic mass is 35.5. The lowest BCUT2D eigenvalue weighted by Crippen LogP contribution is -2.57. The Morgan fingerprint density at radius 1 is 1.11 bits per heavy atom. The first-order valence-corrected chi connectivity index (χ1v) is 9.43. The summed E-state index contributed by atoms with van der Waals surface area (Å²) in [5.74, 6) is 0.999. The van der Waals surface area contributed by atoms with E-state index in [4.69, 9.17) is 5.10 Å². The summed E-state index contributed by atoms with van der Waals surface area (Å²) >= 11 is 0. The molecule has 0 spiro atoms. The van der Waals surface area contributed by atoms with Crippen molar-refractivity contribution >= 4 is 24.8 Å². The van der Waals surface area contributed by atoms with E-state index in [-0.39, 0.29) is 35.9 Å². The summed E-state index contributed by atoms with van der Waals surface area (Å²) in [7, 11) is 0. The summed E-state index contributed by atoms with van der Waals surface area (Å²) < 4.78 is 4.49. The Kier molecular flexibility index (Phi) is 6.67. The number of fused-ring (bicyclic) bond motifs is 1. The Hall–Kier alpha value is -1.08. The van der Waals surface area contributed by atoms with Crippen molar-refractivity contribution in [3.05, 3.63) is 24.2 Å². The minimum Gasteiger partial charge on any atom is -0.326 e. The maximum Gasteiger partial charge on any atom is 0.160 e. The number of hydrogen-bond donors (Lipinski definition) is 2. The molecule has 27 heavy (non-hydrogen) atoms. The van der Waals surface area contributed by atoms with Crippen LogP contribution in [0.1, 0.15) is 58.7 Å². The number of aryl methyl sites for hydroxylation is 1. The molecule has 2 aromatic rings. The Morgan fingerprint density at radius 3 is 2.52 bits per heavy atom. The van der Waals surface area contributed by atoms with Gasteiger partial charge in [0.15, 0.2) is 5.82 Å². The first-order valence-electron chi connectivity index (χ1n) is 9.43. The van der Waals surface area contributed by atoms with E-state index in [1.807, 2.05) is 6.20 Å². The second-order valence-electron chi connectivity index (χ2n) is 8.89. The van der Waals surface area contributed by atoms with Crippen LogP contribution in [0.5, 0.6) is 0 Å². The minimum absolute atomic E-state index is 0. The van der Waals surface area contributed by atoms with Gasteiger partial charge in [0.25, 0.3) is 0 Å². The van der Waals surface area contributed by atoms with Crippen LogP contribution in [0.3, 0.4) is 0 Å². The third-order valence-corrected chi connectivity index (χ3v) is 5.35. The summed E-state index contributed by atoms with van der Waals surface area (Å²) in [6.07, 6.45) is 7.35. The average molecular weight is 415 g/mol. The lowest BCUT2D eigenvalue weighted by Gasteiger charge is -2.47. The van der Waals surface area contributed by atoms with E-state index in [0.29, 0.717) is 6.04 Å². The van der Waals surface area contributed by atoms with Crippen LogP contribution >= 0.6 is 24.8 Å². The zero-order chi connectivity index (χ0) is 17.7. The zero-order valence-corrected chi connectivity index (χ0v) is 18.3. The van der Waals surface area contributed by atoms with Gasteiger partial charge in [-0.15, -0.1) is 24.8 Å². The summed E-state index contributed by atoms with van der Waals surface area (Å²) in [5.41, 5.74) is 2.48. The van der Waals surface area contributed by atoms with Crippen LogP contribution in [0.4, 0.5) is 0 Å². The van der Waals surface area contributed by atoms with E-state index in [9.17, 15) is 0 Å². The topological polar surface area (TPSA) is 59.7 Å². The second kappa shape index (κ2) is 8.11. The molecule has 0 bridgehead atoms. The van der Waals surface area contributed by atoms with E-state index in [1.54, 1.807) is 0 Å². The van der Waals surface area contributed by atoms with Gasteiger partial charge in [0.2, 0.25) is 0 Å². The van der Waals surface area contributed by atoms with Gasteiger partial charge in [0.1, 0.15) is 5.69 Å². The monoisotopic (exact) mass is 414 g/mol. The molecule has 2 aromatic heterocycles. The SMILES string of the molecule is CC1(C)CC(n2ccnc2-c2cc3n(n2)CCCNC3)CC(C)(C)N1.Cl.Cl. The number of imidazole rings is 1. The van der Waals surface area contributed by atoms with Crippen molar-refractivity contribution in [3.8, 4) is 11.5 Å². The number of halogens is 2. The van der Waals surface area contributed by atoms with Crippen LogP contribution in [0.2, 0.25) is 0 Å². The van der Waals surface area contributed by atoms with Crippen molar-refractivity contribution in [2.24, 2.45) is 0 Å².